The molecule has 1 aliphatic carbocycles. The molecule has 0 spiro atoms. The van der Waals surface area contributed by atoms with Crippen LogP contribution in [0.5, 0.6) is 0 Å². The van der Waals surface area contributed by atoms with Gasteiger partial charge in [-0.1, -0.05) is 35.3 Å². The van der Waals surface area contributed by atoms with Gasteiger partial charge in [-0.3, -0.25) is 0 Å². The maximum Gasteiger partial charge on any atom is 0.367 e. The van der Waals surface area contributed by atoms with E-state index in [0.29, 0.717) is 10.6 Å². The van der Waals surface area contributed by atoms with E-state index in [9.17, 15) is 4.79 Å². The van der Waals surface area contributed by atoms with Crippen molar-refractivity contribution in [2.75, 3.05) is 0 Å². The Morgan fingerprint density at radius 3 is 2.59 bits per heavy atom. The molecule has 1 saturated carbocycles. The highest BCUT2D eigenvalue weighted by atomic mass is 35.5. The lowest BCUT2D eigenvalue weighted by Crippen LogP contribution is -2.08. The van der Waals surface area contributed by atoms with E-state index in [1.165, 1.54) is 6.42 Å². The SMILES string of the molecule is O=C(ON=C1CCCCC1)c1ccccc1Cl. The van der Waals surface area contributed by atoms with E-state index < -0.39 is 5.97 Å². The molecule has 0 unspecified atom stereocenters. The maximum absolute atomic E-state index is 11.7. The highest BCUT2D eigenvalue weighted by molar-refractivity contribution is 6.33. The van der Waals surface area contributed by atoms with Crippen LogP contribution in [-0.2, 0) is 4.84 Å². The fourth-order valence-electron chi connectivity index (χ4n) is 1.83. The molecule has 0 amide bonds. The van der Waals surface area contributed by atoms with Crippen molar-refractivity contribution in [3.63, 3.8) is 0 Å². The summed E-state index contributed by atoms with van der Waals surface area (Å²) >= 11 is 5.89. The molecule has 17 heavy (non-hydrogen) atoms. The molecule has 4 heteroatoms. The fraction of sp³-hybridized carbons (Fsp3) is 0.385. The van der Waals surface area contributed by atoms with Crippen LogP contribution in [0.15, 0.2) is 29.4 Å². The van der Waals surface area contributed by atoms with Crippen LogP contribution >= 0.6 is 11.6 Å². The van der Waals surface area contributed by atoms with Crippen molar-refractivity contribution in [3.05, 3.63) is 34.9 Å². The Labute approximate surface area is 105 Å². The van der Waals surface area contributed by atoms with E-state index in [0.717, 1.165) is 31.4 Å². The van der Waals surface area contributed by atoms with Gasteiger partial charge in [-0.05, 0) is 37.8 Å². The van der Waals surface area contributed by atoms with Crippen molar-refractivity contribution in [2.45, 2.75) is 32.1 Å². The Bertz CT molecular complexity index is 435. The van der Waals surface area contributed by atoms with Gasteiger partial charge in [-0.15, -0.1) is 0 Å². The summed E-state index contributed by atoms with van der Waals surface area (Å²) in [4.78, 5) is 16.6. The molecule has 0 N–H and O–H groups in total. The molecule has 0 atom stereocenters. The molecule has 0 bridgehead atoms. The van der Waals surface area contributed by atoms with Crippen LogP contribution in [0.2, 0.25) is 5.02 Å². The Kier molecular flexibility index (Phi) is 4.15. The third kappa shape index (κ3) is 3.30. The normalized spacial score (nSPS) is 15.5. The predicted molar refractivity (Wildman–Crippen MR) is 67.4 cm³/mol. The Hall–Kier alpha value is -1.35. The Morgan fingerprint density at radius 2 is 1.88 bits per heavy atom. The summed E-state index contributed by atoms with van der Waals surface area (Å²) in [6, 6.07) is 6.81. The molecule has 2 rings (SSSR count). The second kappa shape index (κ2) is 5.82. The van der Waals surface area contributed by atoms with Gasteiger partial charge in [0, 0.05) is 0 Å². The predicted octanol–water partition coefficient (Wildman–Crippen LogP) is 3.82. The molecule has 0 radical (unpaired) electrons. The third-order valence-electron chi connectivity index (χ3n) is 2.78. The minimum atomic E-state index is -0.492. The van der Waals surface area contributed by atoms with Gasteiger partial charge in [0.05, 0.1) is 16.3 Å². The standard InChI is InChI=1S/C13H14ClNO2/c14-12-9-5-4-8-11(12)13(16)17-15-10-6-2-1-3-7-10/h4-5,8-9H,1-3,6-7H2. The average molecular weight is 252 g/mol. The van der Waals surface area contributed by atoms with Gasteiger partial charge in [0.2, 0.25) is 0 Å². The second-order valence-electron chi connectivity index (χ2n) is 4.08. The Morgan fingerprint density at radius 1 is 1.18 bits per heavy atom. The van der Waals surface area contributed by atoms with Gasteiger partial charge < -0.3 is 4.84 Å². The first kappa shape index (κ1) is 12.1. The van der Waals surface area contributed by atoms with Crippen molar-refractivity contribution >= 4 is 23.3 Å². The molecule has 0 aromatic heterocycles. The molecule has 1 aliphatic rings. The van der Waals surface area contributed by atoms with Crippen LogP contribution in [0.4, 0.5) is 0 Å². The molecule has 1 aromatic carbocycles. The largest absolute Gasteiger partial charge is 0.367 e. The summed E-state index contributed by atoms with van der Waals surface area (Å²) in [5, 5.41) is 4.30. The summed E-state index contributed by atoms with van der Waals surface area (Å²) in [7, 11) is 0. The minimum Gasteiger partial charge on any atom is -0.313 e. The summed E-state index contributed by atoms with van der Waals surface area (Å²) in [6.07, 6.45) is 5.34. The van der Waals surface area contributed by atoms with Gasteiger partial charge in [0.1, 0.15) is 0 Å². The zero-order valence-corrected chi connectivity index (χ0v) is 10.2. The minimum absolute atomic E-state index is 0.356. The van der Waals surface area contributed by atoms with Gasteiger partial charge in [0.25, 0.3) is 0 Å². The fourth-order valence-corrected chi connectivity index (χ4v) is 2.05. The van der Waals surface area contributed by atoms with E-state index in [4.69, 9.17) is 16.4 Å². The molecule has 1 fully saturated rings. The smallest absolute Gasteiger partial charge is 0.313 e. The van der Waals surface area contributed by atoms with Crippen LogP contribution in [0.3, 0.4) is 0 Å². The van der Waals surface area contributed by atoms with Crippen LogP contribution in [0.25, 0.3) is 0 Å². The third-order valence-corrected chi connectivity index (χ3v) is 3.11. The summed E-state index contributed by atoms with van der Waals surface area (Å²) < 4.78 is 0. The summed E-state index contributed by atoms with van der Waals surface area (Å²) in [5.41, 5.74) is 1.32. The maximum atomic E-state index is 11.7. The zero-order chi connectivity index (χ0) is 12.1. The van der Waals surface area contributed by atoms with E-state index in [2.05, 4.69) is 5.16 Å². The Balaban J connectivity index is 2.00. The number of halogens is 1. The molecule has 3 nitrogen and oxygen atoms in total. The lowest BCUT2D eigenvalue weighted by molar-refractivity contribution is 0.0514. The zero-order valence-electron chi connectivity index (χ0n) is 9.49. The lowest BCUT2D eigenvalue weighted by Gasteiger charge is -2.11. The van der Waals surface area contributed by atoms with Crippen LogP contribution < -0.4 is 0 Å². The number of carbonyl (C=O) groups excluding carboxylic acids is 1. The molecular weight excluding hydrogens is 238 g/mol. The number of nitrogens with zero attached hydrogens (tertiary/aromatic N) is 1. The number of oxime groups is 1. The van der Waals surface area contributed by atoms with Crippen LogP contribution in [0, 0.1) is 0 Å². The highest BCUT2D eigenvalue weighted by Gasteiger charge is 2.12. The van der Waals surface area contributed by atoms with E-state index in [1.54, 1.807) is 24.3 Å². The van der Waals surface area contributed by atoms with Crippen molar-refractivity contribution in [2.24, 2.45) is 5.16 Å². The summed E-state index contributed by atoms with van der Waals surface area (Å²) in [6.45, 7) is 0. The molecule has 0 heterocycles. The molecular formula is C13H14ClNO2. The van der Waals surface area contributed by atoms with E-state index in [1.807, 2.05) is 0 Å². The molecule has 90 valence electrons. The van der Waals surface area contributed by atoms with E-state index in [-0.39, 0.29) is 0 Å². The van der Waals surface area contributed by atoms with Crippen molar-refractivity contribution < 1.29 is 9.63 Å². The second-order valence-corrected chi connectivity index (χ2v) is 4.48. The summed E-state index contributed by atoms with van der Waals surface area (Å²) in [5.74, 6) is -0.492. The first-order valence-corrected chi connectivity index (χ1v) is 6.17. The monoisotopic (exact) mass is 251 g/mol. The highest BCUT2D eigenvalue weighted by Crippen LogP contribution is 2.18. The van der Waals surface area contributed by atoms with E-state index >= 15 is 0 Å². The number of hydrogen-bond donors (Lipinski definition) is 0. The van der Waals surface area contributed by atoms with Gasteiger partial charge in [-0.2, -0.15) is 0 Å². The lowest BCUT2D eigenvalue weighted by atomic mass is 9.99. The number of rotatable bonds is 2. The van der Waals surface area contributed by atoms with Crippen molar-refractivity contribution in [3.8, 4) is 0 Å². The topological polar surface area (TPSA) is 38.7 Å². The number of carbonyl (C=O) groups is 1. The number of benzene rings is 1. The van der Waals surface area contributed by atoms with Crippen LogP contribution in [-0.4, -0.2) is 11.7 Å². The average Bonchev–Trinajstić information content (AvgIpc) is 2.38. The first-order chi connectivity index (χ1) is 8.27. The van der Waals surface area contributed by atoms with Gasteiger partial charge >= 0.3 is 5.97 Å². The molecule has 1 aromatic rings. The van der Waals surface area contributed by atoms with Crippen LogP contribution in [0.1, 0.15) is 42.5 Å². The first-order valence-electron chi connectivity index (χ1n) is 5.79. The van der Waals surface area contributed by atoms with Crippen molar-refractivity contribution in [1.82, 2.24) is 0 Å². The molecule has 0 aliphatic heterocycles. The van der Waals surface area contributed by atoms with Gasteiger partial charge in [-0.25, -0.2) is 4.79 Å². The number of hydrogen-bond acceptors (Lipinski definition) is 3. The van der Waals surface area contributed by atoms with Gasteiger partial charge in [0.15, 0.2) is 0 Å². The molecule has 0 saturated heterocycles. The quantitative estimate of drug-likeness (QED) is 0.592. The van der Waals surface area contributed by atoms with Crippen molar-refractivity contribution in [1.29, 1.82) is 0 Å².